The standard InChI is InChI=1S/C25H17N3O9/c1-13-9-10-18(19(11-13)28(35)36)26-24(31)22(30)20(21(29)14-5-4-6-15(12-14)27(33)34)23-16-7-2-3-8-17(16)25(32)37-23/h2-12,20,23H,1H3,(H,26,31)/t20-,23-/m1/s1. The molecule has 0 spiro atoms. The van der Waals surface area contributed by atoms with Crippen LogP contribution in [0.5, 0.6) is 0 Å². The molecule has 3 aromatic carbocycles. The highest BCUT2D eigenvalue weighted by Gasteiger charge is 2.46. The van der Waals surface area contributed by atoms with E-state index in [1.54, 1.807) is 19.1 Å². The lowest BCUT2D eigenvalue weighted by Gasteiger charge is -2.21. The minimum atomic E-state index is -1.92. The molecule has 1 amide bonds. The van der Waals surface area contributed by atoms with E-state index in [2.05, 4.69) is 5.32 Å². The van der Waals surface area contributed by atoms with E-state index in [1.807, 2.05) is 0 Å². The molecule has 1 N–H and O–H groups in total. The van der Waals surface area contributed by atoms with Crippen molar-refractivity contribution in [2.45, 2.75) is 13.0 Å². The number of cyclic esters (lactones) is 1. The smallest absolute Gasteiger partial charge is 0.339 e. The first-order valence-electron chi connectivity index (χ1n) is 10.8. The van der Waals surface area contributed by atoms with Crippen LogP contribution >= 0.6 is 0 Å². The Morgan fingerprint density at radius 3 is 2.38 bits per heavy atom. The number of ketones is 2. The molecule has 3 aromatic rings. The van der Waals surface area contributed by atoms with Crippen molar-refractivity contribution in [1.29, 1.82) is 0 Å². The van der Waals surface area contributed by atoms with Crippen LogP contribution in [0.3, 0.4) is 0 Å². The fourth-order valence-electron chi connectivity index (χ4n) is 3.99. The lowest BCUT2D eigenvalue weighted by Crippen LogP contribution is -2.38. The molecule has 0 bridgehead atoms. The van der Waals surface area contributed by atoms with Crippen LogP contribution in [0.4, 0.5) is 17.1 Å². The number of esters is 1. The summed E-state index contributed by atoms with van der Waals surface area (Å²) in [6, 6.07) is 14.4. The van der Waals surface area contributed by atoms with Gasteiger partial charge in [-0.15, -0.1) is 0 Å². The quantitative estimate of drug-likeness (QED) is 0.120. The molecule has 0 saturated heterocycles. The molecule has 0 radical (unpaired) electrons. The summed E-state index contributed by atoms with van der Waals surface area (Å²) in [5.74, 6) is -6.45. The van der Waals surface area contributed by atoms with Gasteiger partial charge in [-0.1, -0.05) is 36.4 Å². The second-order valence-corrected chi connectivity index (χ2v) is 8.16. The summed E-state index contributed by atoms with van der Waals surface area (Å²) in [6.45, 7) is 1.60. The lowest BCUT2D eigenvalue weighted by molar-refractivity contribution is -0.384. The van der Waals surface area contributed by atoms with Crippen LogP contribution in [0.25, 0.3) is 0 Å². The monoisotopic (exact) mass is 503 g/mol. The highest BCUT2D eigenvalue weighted by atomic mass is 16.6. The summed E-state index contributed by atoms with van der Waals surface area (Å²) < 4.78 is 5.31. The van der Waals surface area contributed by atoms with Crippen molar-refractivity contribution in [1.82, 2.24) is 0 Å². The molecule has 0 unspecified atom stereocenters. The van der Waals surface area contributed by atoms with Gasteiger partial charge in [0.2, 0.25) is 5.78 Å². The lowest BCUT2D eigenvalue weighted by atomic mass is 9.84. The Morgan fingerprint density at radius 2 is 1.68 bits per heavy atom. The van der Waals surface area contributed by atoms with E-state index < -0.39 is 56.7 Å². The Morgan fingerprint density at radius 1 is 0.946 bits per heavy atom. The van der Waals surface area contributed by atoms with Gasteiger partial charge in [-0.05, 0) is 24.6 Å². The predicted molar refractivity (Wildman–Crippen MR) is 127 cm³/mol. The van der Waals surface area contributed by atoms with Gasteiger partial charge in [0.1, 0.15) is 17.7 Å². The number of nitro benzene ring substituents is 2. The van der Waals surface area contributed by atoms with Crippen LogP contribution in [0.1, 0.15) is 37.9 Å². The Kier molecular flexibility index (Phi) is 6.57. The van der Waals surface area contributed by atoms with Crippen molar-refractivity contribution >= 4 is 40.5 Å². The number of anilines is 1. The number of nitro groups is 2. The molecule has 0 aliphatic carbocycles. The molecule has 0 saturated carbocycles. The van der Waals surface area contributed by atoms with Gasteiger partial charge < -0.3 is 10.1 Å². The molecule has 186 valence electrons. The SMILES string of the molecule is Cc1ccc(NC(=O)C(=O)[C@@H](C(=O)c2cccc([N+](=O)[O-])c2)[C@@H]2OC(=O)c3ccccc32)c([N+](=O)[O-])c1. The molecule has 1 aliphatic rings. The van der Waals surface area contributed by atoms with Crippen molar-refractivity contribution in [3.63, 3.8) is 0 Å². The summed E-state index contributed by atoms with van der Waals surface area (Å²) in [4.78, 5) is 73.5. The maximum Gasteiger partial charge on any atom is 0.339 e. The number of nitrogens with one attached hydrogen (secondary N) is 1. The summed E-state index contributed by atoms with van der Waals surface area (Å²) in [5.41, 5.74) is -0.642. The molecular formula is C25H17N3O9. The molecular weight excluding hydrogens is 486 g/mol. The fourth-order valence-corrected chi connectivity index (χ4v) is 3.99. The number of fused-ring (bicyclic) bond motifs is 1. The molecule has 0 fully saturated rings. The number of rotatable bonds is 8. The van der Waals surface area contributed by atoms with Crippen molar-refractivity contribution in [2.24, 2.45) is 5.92 Å². The molecule has 1 heterocycles. The minimum Gasteiger partial charge on any atom is -0.453 e. The topological polar surface area (TPSA) is 176 Å². The van der Waals surface area contributed by atoms with Crippen molar-refractivity contribution < 1.29 is 33.8 Å². The van der Waals surface area contributed by atoms with E-state index in [0.717, 1.165) is 12.1 Å². The van der Waals surface area contributed by atoms with Gasteiger partial charge in [0.05, 0.1) is 15.4 Å². The van der Waals surface area contributed by atoms with Crippen molar-refractivity contribution in [3.05, 3.63) is 109 Å². The first-order valence-corrected chi connectivity index (χ1v) is 10.8. The number of aryl methyl sites for hydroxylation is 1. The number of hydrogen-bond donors (Lipinski definition) is 1. The molecule has 12 heteroatoms. The minimum absolute atomic E-state index is 0.0896. The Balaban J connectivity index is 1.75. The summed E-state index contributed by atoms with van der Waals surface area (Å²) >= 11 is 0. The number of nitrogens with zero attached hydrogens (tertiary/aromatic N) is 2. The molecule has 0 aromatic heterocycles. The fraction of sp³-hybridized carbons (Fsp3) is 0.120. The number of ether oxygens (including phenoxy) is 1. The number of hydrogen-bond acceptors (Lipinski definition) is 9. The number of amides is 1. The number of carbonyl (C=O) groups excluding carboxylic acids is 4. The van der Waals surface area contributed by atoms with Crippen molar-refractivity contribution in [3.8, 4) is 0 Å². The summed E-state index contributed by atoms with van der Waals surface area (Å²) in [7, 11) is 0. The third kappa shape index (κ3) is 4.80. The van der Waals surface area contributed by atoms with E-state index >= 15 is 0 Å². The molecule has 37 heavy (non-hydrogen) atoms. The van der Waals surface area contributed by atoms with Crippen LogP contribution in [0, 0.1) is 33.1 Å². The van der Waals surface area contributed by atoms with Gasteiger partial charge >= 0.3 is 5.97 Å². The number of Topliss-reactive ketones (excluding diaryl/α,β-unsaturated/α-hetero) is 2. The second-order valence-electron chi connectivity index (χ2n) is 8.16. The van der Waals surface area contributed by atoms with Gasteiger partial charge in [-0.25, -0.2) is 4.79 Å². The number of carbonyl (C=O) groups is 4. The van der Waals surface area contributed by atoms with E-state index in [0.29, 0.717) is 5.56 Å². The van der Waals surface area contributed by atoms with E-state index in [1.165, 1.54) is 42.5 Å². The molecule has 1 aliphatic heterocycles. The third-order valence-electron chi connectivity index (χ3n) is 5.75. The van der Waals surface area contributed by atoms with E-state index in [9.17, 15) is 39.4 Å². The zero-order chi connectivity index (χ0) is 26.9. The maximum atomic E-state index is 13.5. The predicted octanol–water partition coefficient (Wildman–Crippen LogP) is 3.73. The van der Waals surface area contributed by atoms with Gasteiger partial charge in [0, 0.05) is 29.3 Å². The highest BCUT2D eigenvalue weighted by Crippen LogP contribution is 2.38. The summed E-state index contributed by atoms with van der Waals surface area (Å²) in [5, 5.41) is 24.8. The maximum absolute atomic E-state index is 13.5. The van der Waals surface area contributed by atoms with E-state index in [-0.39, 0.29) is 22.4 Å². The van der Waals surface area contributed by atoms with Gasteiger partial charge in [-0.3, -0.25) is 34.6 Å². The van der Waals surface area contributed by atoms with Gasteiger partial charge in [-0.2, -0.15) is 0 Å². The number of benzene rings is 3. The van der Waals surface area contributed by atoms with Crippen molar-refractivity contribution in [2.75, 3.05) is 5.32 Å². The average molecular weight is 503 g/mol. The first-order chi connectivity index (χ1) is 17.6. The number of non-ortho nitro benzene ring substituents is 1. The zero-order valence-corrected chi connectivity index (χ0v) is 19.1. The Bertz CT molecular complexity index is 1500. The molecule has 4 rings (SSSR count). The molecule has 12 nitrogen and oxygen atoms in total. The van der Waals surface area contributed by atoms with Crippen LogP contribution < -0.4 is 5.32 Å². The van der Waals surface area contributed by atoms with Gasteiger partial charge in [0.25, 0.3) is 17.3 Å². The summed E-state index contributed by atoms with van der Waals surface area (Å²) in [6.07, 6.45) is -1.50. The van der Waals surface area contributed by atoms with Crippen LogP contribution in [0.15, 0.2) is 66.7 Å². The van der Waals surface area contributed by atoms with Gasteiger partial charge in [0.15, 0.2) is 5.78 Å². The average Bonchev–Trinajstić information content (AvgIpc) is 3.21. The zero-order valence-electron chi connectivity index (χ0n) is 19.1. The largest absolute Gasteiger partial charge is 0.453 e. The normalized spacial score (nSPS) is 14.7. The second kappa shape index (κ2) is 9.77. The highest BCUT2D eigenvalue weighted by molar-refractivity contribution is 6.45. The molecule has 2 atom stereocenters. The van der Waals surface area contributed by atoms with Crippen LogP contribution in [-0.2, 0) is 14.3 Å². The Labute approximate surface area is 208 Å². The third-order valence-corrected chi connectivity index (χ3v) is 5.75. The Hall–Kier alpha value is -5.26. The first kappa shape index (κ1) is 24.9. The van der Waals surface area contributed by atoms with Crippen LogP contribution in [-0.4, -0.2) is 33.3 Å². The van der Waals surface area contributed by atoms with Crippen LogP contribution in [0.2, 0.25) is 0 Å². The van der Waals surface area contributed by atoms with E-state index in [4.69, 9.17) is 4.74 Å².